The minimum atomic E-state index is -3.62. The summed E-state index contributed by atoms with van der Waals surface area (Å²) >= 11 is 7.05. The highest BCUT2D eigenvalue weighted by molar-refractivity contribution is 7.91. The summed E-state index contributed by atoms with van der Waals surface area (Å²) in [6.45, 7) is 1.92. The predicted octanol–water partition coefficient (Wildman–Crippen LogP) is 3.62. The third kappa shape index (κ3) is 4.63. The number of halogens is 1. The number of esters is 1. The number of ketones is 1. The van der Waals surface area contributed by atoms with E-state index >= 15 is 0 Å². The number of carbonyl (C=O) groups is 2. The molecule has 9 heteroatoms. The minimum Gasteiger partial charge on any atom is -0.454 e. The number of Topliss-reactive ketones (excluding diaryl/α,β-unsaturated/α-hetero) is 1. The van der Waals surface area contributed by atoms with Gasteiger partial charge in [-0.3, -0.25) is 9.59 Å². The monoisotopic (exact) mass is 441 g/mol. The predicted molar refractivity (Wildman–Crippen MR) is 107 cm³/mol. The molecule has 0 aliphatic carbocycles. The molecule has 0 spiro atoms. The highest BCUT2D eigenvalue weighted by Gasteiger charge is 2.35. The molecule has 0 amide bonds. The van der Waals surface area contributed by atoms with Gasteiger partial charge in [-0.1, -0.05) is 29.8 Å². The van der Waals surface area contributed by atoms with E-state index in [1.54, 1.807) is 35.7 Å². The number of carbonyl (C=O) groups excluding carboxylic acids is 2. The van der Waals surface area contributed by atoms with Crippen LogP contribution in [0, 0.1) is 5.92 Å². The molecule has 1 aliphatic rings. The molecule has 2 aromatic rings. The normalized spacial score (nSPS) is 19.1. The third-order valence-electron chi connectivity index (χ3n) is 4.58. The van der Waals surface area contributed by atoms with Crippen LogP contribution in [-0.4, -0.2) is 43.7 Å². The van der Waals surface area contributed by atoms with Crippen molar-refractivity contribution in [3.8, 4) is 0 Å². The van der Waals surface area contributed by atoms with Gasteiger partial charge in [0.1, 0.15) is 4.21 Å². The lowest BCUT2D eigenvalue weighted by Crippen LogP contribution is -2.43. The Bertz CT molecular complexity index is 958. The second-order valence-electron chi connectivity index (χ2n) is 6.59. The van der Waals surface area contributed by atoms with Crippen LogP contribution in [0.3, 0.4) is 0 Å². The van der Waals surface area contributed by atoms with Crippen LogP contribution in [0.25, 0.3) is 0 Å². The van der Waals surface area contributed by atoms with Gasteiger partial charge in [-0.25, -0.2) is 8.42 Å². The Morgan fingerprint density at radius 1 is 1.29 bits per heavy atom. The molecule has 2 heterocycles. The fraction of sp³-hybridized carbons (Fsp3) is 0.368. The molecule has 0 N–H and O–H groups in total. The van der Waals surface area contributed by atoms with Gasteiger partial charge in [-0.05, 0) is 43.3 Å². The van der Waals surface area contributed by atoms with Gasteiger partial charge in [0.15, 0.2) is 6.10 Å². The molecule has 2 atom stereocenters. The Balaban J connectivity index is 1.65. The average molecular weight is 442 g/mol. The van der Waals surface area contributed by atoms with E-state index in [2.05, 4.69) is 0 Å². The molecule has 6 nitrogen and oxygen atoms in total. The first-order valence-corrected chi connectivity index (χ1v) is 11.5. The minimum absolute atomic E-state index is 0.0527. The van der Waals surface area contributed by atoms with Crippen molar-refractivity contribution in [2.24, 2.45) is 5.92 Å². The number of rotatable bonds is 6. The van der Waals surface area contributed by atoms with Crippen molar-refractivity contribution in [2.75, 3.05) is 13.1 Å². The van der Waals surface area contributed by atoms with Gasteiger partial charge in [-0.2, -0.15) is 4.31 Å². The topological polar surface area (TPSA) is 80.8 Å². The van der Waals surface area contributed by atoms with Crippen molar-refractivity contribution in [3.05, 3.63) is 52.4 Å². The maximum atomic E-state index is 12.7. The Morgan fingerprint density at radius 3 is 2.75 bits per heavy atom. The van der Waals surface area contributed by atoms with E-state index in [1.807, 2.05) is 0 Å². The fourth-order valence-electron chi connectivity index (χ4n) is 3.09. The van der Waals surface area contributed by atoms with Crippen LogP contribution in [0.5, 0.6) is 0 Å². The summed E-state index contributed by atoms with van der Waals surface area (Å²) in [6, 6.07) is 9.65. The van der Waals surface area contributed by atoms with E-state index < -0.39 is 28.0 Å². The molecule has 1 saturated heterocycles. The highest BCUT2D eigenvalue weighted by atomic mass is 35.5. The molecule has 1 fully saturated rings. The summed E-state index contributed by atoms with van der Waals surface area (Å²) in [6.07, 6.45) is 0.101. The zero-order chi connectivity index (χ0) is 20.3. The van der Waals surface area contributed by atoms with Crippen molar-refractivity contribution in [3.63, 3.8) is 0 Å². The van der Waals surface area contributed by atoms with Gasteiger partial charge < -0.3 is 4.74 Å². The van der Waals surface area contributed by atoms with Crippen LogP contribution in [0.2, 0.25) is 5.02 Å². The SMILES string of the molecule is C[C@@H](OC(=O)[C@H]1CCCN(S(=O)(=O)c2cccs2)C1)C(=O)c1cccc(Cl)c1. The second kappa shape index (κ2) is 8.73. The molecule has 0 radical (unpaired) electrons. The number of ether oxygens (including phenoxy) is 1. The largest absolute Gasteiger partial charge is 0.454 e. The summed E-state index contributed by atoms with van der Waals surface area (Å²) in [5, 5.41) is 2.12. The van der Waals surface area contributed by atoms with Crippen molar-refractivity contribution in [1.82, 2.24) is 4.31 Å². The van der Waals surface area contributed by atoms with Crippen LogP contribution in [-0.2, 0) is 19.6 Å². The molecule has 0 unspecified atom stereocenters. The molecular weight excluding hydrogens is 422 g/mol. The van der Waals surface area contributed by atoms with Crippen molar-refractivity contribution >= 4 is 44.7 Å². The summed E-state index contributed by atoms with van der Waals surface area (Å²) in [4.78, 5) is 25.0. The number of thiophene rings is 1. The number of piperidine rings is 1. The van der Waals surface area contributed by atoms with E-state index in [0.717, 1.165) is 11.3 Å². The van der Waals surface area contributed by atoms with E-state index in [4.69, 9.17) is 16.3 Å². The molecule has 3 rings (SSSR count). The lowest BCUT2D eigenvalue weighted by molar-refractivity contribution is -0.152. The number of benzene rings is 1. The fourth-order valence-corrected chi connectivity index (χ4v) is 5.95. The molecular formula is C19H20ClNO5S2. The van der Waals surface area contributed by atoms with Crippen LogP contribution < -0.4 is 0 Å². The number of hydrogen-bond acceptors (Lipinski definition) is 6. The standard InChI is InChI=1S/C19H20ClNO5S2/c1-13(18(22)14-5-2-7-16(20)11-14)26-19(23)15-6-3-9-21(12-15)28(24,25)17-8-4-10-27-17/h2,4-5,7-8,10-11,13,15H,3,6,9,12H2,1H3/t13-,15+/m1/s1. The maximum Gasteiger partial charge on any atom is 0.310 e. The average Bonchev–Trinajstić information content (AvgIpc) is 3.23. The molecule has 0 bridgehead atoms. The number of sulfonamides is 1. The van der Waals surface area contributed by atoms with Gasteiger partial charge >= 0.3 is 5.97 Å². The van der Waals surface area contributed by atoms with E-state index in [0.29, 0.717) is 30.0 Å². The summed E-state index contributed by atoms with van der Waals surface area (Å²) in [7, 11) is -3.62. The Labute approximate surface area is 173 Å². The molecule has 1 aromatic heterocycles. The molecule has 28 heavy (non-hydrogen) atoms. The van der Waals surface area contributed by atoms with Crippen LogP contribution in [0.1, 0.15) is 30.1 Å². The first-order valence-electron chi connectivity index (χ1n) is 8.83. The van der Waals surface area contributed by atoms with E-state index in [9.17, 15) is 18.0 Å². The van der Waals surface area contributed by atoms with Crippen molar-refractivity contribution in [1.29, 1.82) is 0 Å². The Hall–Kier alpha value is -1.74. The van der Waals surface area contributed by atoms with Gasteiger partial charge in [0.25, 0.3) is 10.0 Å². The van der Waals surface area contributed by atoms with E-state index in [1.165, 1.54) is 17.3 Å². The van der Waals surface area contributed by atoms with Gasteiger partial charge in [0, 0.05) is 23.7 Å². The summed E-state index contributed by atoms with van der Waals surface area (Å²) in [5.74, 6) is -1.51. The molecule has 1 aliphatic heterocycles. The van der Waals surface area contributed by atoms with Gasteiger partial charge in [-0.15, -0.1) is 11.3 Å². The Kier molecular flexibility index (Phi) is 6.54. The van der Waals surface area contributed by atoms with Crippen LogP contribution in [0.15, 0.2) is 46.0 Å². The van der Waals surface area contributed by atoms with Crippen LogP contribution >= 0.6 is 22.9 Å². The van der Waals surface area contributed by atoms with E-state index in [-0.39, 0.29) is 16.5 Å². The van der Waals surface area contributed by atoms with Crippen LogP contribution in [0.4, 0.5) is 0 Å². The summed E-state index contributed by atoms with van der Waals surface area (Å²) in [5.41, 5.74) is 0.360. The van der Waals surface area contributed by atoms with Gasteiger partial charge in [0.2, 0.25) is 5.78 Å². The second-order valence-corrected chi connectivity index (χ2v) is 10.1. The van der Waals surface area contributed by atoms with Crippen molar-refractivity contribution in [2.45, 2.75) is 30.1 Å². The zero-order valence-corrected chi connectivity index (χ0v) is 17.6. The highest BCUT2D eigenvalue weighted by Crippen LogP contribution is 2.27. The quantitative estimate of drug-likeness (QED) is 0.505. The lowest BCUT2D eigenvalue weighted by atomic mass is 9.99. The summed E-state index contributed by atoms with van der Waals surface area (Å²) < 4.78 is 32.3. The lowest BCUT2D eigenvalue weighted by Gasteiger charge is -2.30. The zero-order valence-electron chi connectivity index (χ0n) is 15.2. The first-order chi connectivity index (χ1) is 13.3. The third-order valence-corrected chi connectivity index (χ3v) is 8.05. The number of hydrogen-bond donors (Lipinski definition) is 0. The number of nitrogens with zero attached hydrogens (tertiary/aromatic N) is 1. The van der Waals surface area contributed by atoms with Gasteiger partial charge in [0.05, 0.1) is 5.92 Å². The maximum absolute atomic E-state index is 12.7. The smallest absolute Gasteiger partial charge is 0.310 e. The first kappa shape index (κ1) is 21.0. The van der Waals surface area contributed by atoms with Crippen molar-refractivity contribution < 1.29 is 22.7 Å². The molecule has 0 saturated carbocycles. The molecule has 1 aromatic carbocycles. The molecule has 150 valence electrons. The Morgan fingerprint density at radius 2 is 2.07 bits per heavy atom.